The number of benzene rings is 3. The van der Waals surface area contributed by atoms with Crippen LogP contribution in [0.5, 0.6) is 0 Å². The van der Waals surface area contributed by atoms with Gasteiger partial charge in [-0.3, -0.25) is 24.0 Å². The number of nitrogens with zero attached hydrogens (tertiary/aromatic N) is 1. The van der Waals surface area contributed by atoms with Gasteiger partial charge in [-0.2, -0.15) is 0 Å². The van der Waals surface area contributed by atoms with Crippen LogP contribution < -0.4 is 5.32 Å². The van der Waals surface area contributed by atoms with Gasteiger partial charge in [-0.15, -0.1) is 0 Å². The summed E-state index contributed by atoms with van der Waals surface area (Å²) in [4.78, 5) is 80.8. The third kappa shape index (κ3) is 6.83. The van der Waals surface area contributed by atoms with Crippen molar-refractivity contribution in [3.8, 4) is 0 Å². The van der Waals surface area contributed by atoms with Gasteiger partial charge in [0.2, 0.25) is 11.8 Å². The summed E-state index contributed by atoms with van der Waals surface area (Å²) in [7, 11) is 0. The van der Waals surface area contributed by atoms with E-state index < -0.39 is 89.4 Å². The zero-order chi connectivity index (χ0) is 36.4. The molecule has 50 heavy (non-hydrogen) atoms. The number of ether oxygens (including phenoxy) is 3. The predicted octanol–water partition coefficient (Wildman–Crippen LogP) is 3.79. The normalized spacial score (nSPS) is 23.2. The van der Waals surface area contributed by atoms with Gasteiger partial charge < -0.3 is 29.5 Å². The first kappa shape index (κ1) is 35.8. The number of β-lactam (4-membered cyclic amide) rings is 1. The van der Waals surface area contributed by atoms with Crippen molar-refractivity contribution in [2.75, 3.05) is 6.61 Å². The SMILES string of the molecule is CC(=O)OC1(COC(=O)C(C)(C)C)C(C)C(C(=O)O)N2C(=O)C(NC(=O)C(C(=O)OC(c3ccccc3)c3ccccc3)c3ccccc3)[C@H]21. The molecule has 12 heteroatoms. The number of amides is 2. The van der Waals surface area contributed by atoms with E-state index >= 15 is 0 Å². The molecule has 2 amide bonds. The Morgan fingerprint density at radius 3 is 1.82 bits per heavy atom. The lowest BCUT2D eigenvalue weighted by molar-refractivity contribution is -0.192. The Morgan fingerprint density at radius 1 is 0.860 bits per heavy atom. The van der Waals surface area contributed by atoms with Gasteiger partial charge in [-0.25, -0.2) is 4.79 Å². The average Bonchev–Trinajstić information content (AvgIpc) is 3.30. The highest BCUT2D eigenvalue weighted by atomic mass is 16.6. The van der Waals surface area contributed by atoms with Gasteiger partial charge in [0.1, 0.15) is 24.7 Å². The molecule has 262 valence electrons. The number of carbonyl (C=O) groups excluding carboxylic acids is 5. The molecule has 0 aromatic heterocycles. The predicted molar refractivity (Wildman–Crippen MR) is 178 cm³/mol. The van der Waals surface area contributed by atoms with Crippen LogP contribution in [0.2, 0.25) is 0 Å². The quantitative estimate of drug-likeness (QED) is 0.131. The van der Waals surface area contributed by atoms with Crippen LogP contribution in [0, 0.1) is 11.3 Å². The summed E-state index contributed by atoms with van der Waals surface area (Å²) >= 11 is 0. The van der Waals surface area contributed by atoms with Gasteiger partial charge in [0, 0.05) is 12.8 Å². The molecular formula is C38H40N2O10. The van der Waals surface area contributed by atoms with Crippen LogP contribution in [0.4, 0.5) is 0 Å². The molecule has 2 N–H and O–H groups in total. The summed E-state index contributed by atoms with van der Waals surface area (Å²) < 4.78 is 17.4. The van der Waals surface area contributed by atoms with Crippen molar-refractivity contribution in [2.45, 2.75) is 70.4 Å². The second kappa shape index (κ2) is 14.1. The van der Waals surface area contributed by atoms with Crippen LogP contribution in [0.3, 0.4) is 0 Å². The van der Waals surface area contributed by atoms with E-state index in [0.717, 1.165) is 11.8 Å². The molecule has 12 nitrogen and oxygen atoms in total. The molecule has 2 heterocycles. The van der Waals surface area contributed by atoms with Gasteiger partial charge in [-0.1, -0.05) is 97.9 Å². The molecule has 5 rings (SSSR count). The molecule has 0 radical (unpaired) electrons. The summed E-state index contributed by atoms with van der Waals surface area (Å²) in [6, 6.07) is 22.1. The van der Waals surface area contributed by atoms with E-state index in [1.165, 1.54) is 6.92 Å². The van der Waals surface area contributed by atoms with Crippen molar-refractivity contribution in [3.05, 3.63) is 108 Å². The van der Waals surface area contributed by atoms with E-state index in [9.17, 15) is 33.9 Å². The van der Waals surface area contributed by atoms with Crippen LogP contribution in [-0.2, 0) is 43.0 Å². The second-order valence-electron chi connectivity index (χ2n) is 13.6. The molecule has 2 aliphatic heterocycles. The summed E-state index contributed by atoms with van der Waals surface area (Å²) in [5, 5.41) is 12.8. The Bertz CT molecular complexity index is 1720. The molecule has 2 aliphatic rings. The molecule has 6 atom stereocenters. The van der Waals surface area contributed by atoms with Gasteiger partial charge in [0.25, 0.3) is 0 Å². The number of hydrogen-bond donors (Lipinski definition) is 2. The lowest BCUT2D eigenvalue weighted by Crippen LogP contribution is -2.76. The standard InChI is InChI=1S/C38H40N2O10/c1-22-29(34(44)45)40-31(38(22,50-23(2)41)21-48-36(47)37(3,4)5)28(33(40)43)39-32(42)27(24-15-9-6-10-16-24)35(46)49-30(25-17-11-7-12-18-25)26-19-13-8-14-20-26/h6-20,22,27-31H,21H2,1-5H3,(H,39,42)(H,44,45)/t22?,27?,28?,29?,31-,38?/m0/s1. The number of carboxylic acids is 1. The Morgan fingerprint density at radius 2 is 1.36 bits per heavy atom. The first-order valence-electron chi connectivity index (χ1n) is 16.2. The van der Waals surface area contributed by atoms with Gasteiger partial charge in [0.15, 0.2) is 17.6 Å². The zero-order valence-electron chi connectivity index (χ0n) is 28.4. The van der Waals surface area contributed by atoms with Crippen molar-refractivity contribution in [2.24, 2.45) is 11.3 Å². The smallest absolute Gasteiger partial charge is 0.326 e. The number of esters is 3. The molecule has 5 unspecified atom stereocenters. The highest BCUT2D eigenvalue weighted by Crippen LogP contribution is 2.49. The molecule has 0 aliphatic carbocycles. The largest absolute Gasteiger partial charge is 0.480 e. The van der Waals surface area contributed by atoms with E-state index in [4.69, 9.17) is 14.2 Å². The number of nitrogens with one attached hydrogen (secondary N) is 1. The fourth-order valence-electron chi connectivity index (χ4n) is 6.70. The first-order valence-corrected chi connectivity index (χ1v) is 16.2. The van der Waals surface area contributed by atoms with Crippen molar-refractivity contribution in [1.29, 1.82) is 0 Å². The van der Waals surface area contributed by atoms with Gasteiger partial charge in [0.05, 0.1) is 5.41 Å². The highest BCUT2D eigenvalue weighted by molar-refractivity contribution is 6.06. The molecule has 0 bridgehead atoms. The minimum absolute atomic E-state index is 0.284. The zero-order valence-corrected chi connectivity index (χ0v) is 28.4. The lowest BCUT2D eigenvalue weighted by Gasteiger charge is -2.49. The molecule has 3 aromatic rings. The summed E-state index contributed by atoms with van der Waals surface area (Å²) in [5.41, 5.74) is -1.17. The van der Waals surface area contributed by atoms with Crippen LogP contribution >= 0.6 is 0 Å². The number of carboxylic acid groups (broad SMARTS) is 1. The van der Waals surface area contributed by atoms with E-state index in [2.05, 4.69) is 5.32 Å². The maximum absolute atomic E-state index is 14.2. The maximum Gasteiger partial charge on any atom is 0.326 e. The van der Waals surface area contributed by atoms with Crippen molar-refractivity contribution in [1.82, 2.24) is 10.2 Å². The van der Waals surface area contributed by atoms with Crippen molar-refractivity contribution >= 4 is 35.7 Å². The third-order valence-corrected chi connectivity index (χ3v) is 9.18. The minimum atomic E-state index is -1.84. The molecule has 2 fully saturated rings. The summed E-state index contributed by atoms with van der Waals surface area (Å²) in [6.45, 7) is 6.89. The van der Waals surface area contributed by atoms with Crippen molar-refractivity contribution in [3.63, 3.8) is 0 Å². The Balaban J connectivity index is 1.49. The fraction of sp³-hybridized carbons (Fsp3) is 0.368. The number of rotatable bonds is 11. The van der Waals surface area contributed by atoms with Crippen LogP contribution in [0.15, 0.2) is 91.0 Å². The Labute approximate surface area is 289 Å². The summed E-state index contributed by atoms with van der Waals surface area (Å²) in [5.74, 6) is -7.98. The van der Waals surface area contributed by atoms with E-state index in [1.807, 2.05) is 12.1 Å². The molecule has 3 aromatic carbocycles. The summed E-state index contributed by atoms with van der Waals surface area (Å²) in [6.07, 6.45) is -0.870. The first-order chi connectivity index (χ1) is 23.7. The molecule has 0 spiro atoms. The second-order valence-corrected chi connectivity index (χ2v) is 13.6. The van der Waals surface area contributed by atoms with E-state index in [-0.39, 0.29) is 5.56 Å². The maximum atomic E-state index is 14.2. The highest BCUT2D eigenvalue weighted by Gasteiger charge is 2.73. The third-order valence-electron chi connectivity index (χ3n) is 9.18. The van der Waals surface area contributed by atoms with Crippen molar-refractivity contribution < 1.29 is 48.1 Å². The lowest BCUT2D eigenvalue weighted by atomic mass is 9.78. The number of fused-ring (bicyclic) bond motifs is 1. The number of carbonyl (C=O) groups is 6. The molecular weight excluding hydrogens is 644 g/mol. The van der Waals surface area contributed by atoms with Crippen LogP contribution in [-0.4, -0.2) is 76.0 Å². The average molecular weight is 685 g/mol. The van der Waals surface area contributed by atoms with Crippen LogP contribution in [0.25, 0.3) is 0 Å². The monoisotopic (exact) mass is 684 g/mol. The Hall–Kier alpha value is -5.52. The topological polar surface area (TPSA) is 166 Å². The van der Waals surface area contributed by atoms with E-state index in [1.54, 1.807) is 99.6 Å². The minimum Gasteiger partial charge on any atom is -0.480 e. The number of hydrogen-bond acceptors (Lipinski definition) is 9. The molecule has 2 saturated heterocycles. The molecule has 0 saturated carbocycles. The van der Waals surface area contributed by atoms with E-state index in [0.29, 0.717) is 11.1 Å². The van der Waals surface area contributed by atoms with Gasteiger partial charge >= 0.3 is 23.9 Å². The Kier molecular flexibility index (Phi) is 10.1. The van der Waals surface area contributed by atoms with Gasteiger partial charge in [-0.05, 0) is 37.5 Å². The fourth-order valence-corrected chi connectivity index (χ4v) is 6.70. The number of aliphatic carboxylic acids is 1. The van der Waals surface area contributed by atoms with Crippen LogP contribution in [0.1, 0.15) is 63.3 Å².